The fourth-order valence-corrected chi connectivity index (χ4v) is 2.10. The second kappa shape index (κ2) is 5.44. The molecule has 2 atom stereocenters. The van der Waals surface area contributed by atoms with Crippen molar-refractivity contribution in [3.63, 3.8) is 0 Å². The van der Waals surface area contributed by atoms with Crippen LogP contribution in [0.25, 0.3) is 0 Å². The Morgan fingerprint density at radius 1 is 1.60 bits per heavy atom. The predicted molar refractivity (Wildman–Crippen MR) is 58.5 cm³/mol. The van der Waals surface area contributed by atoms with Crippen molar-refractivity contribution in [2.75, 3.05) is 40.4 Å². The van der Waals surface area contributed by atoms with Gasteiger partial charge in [0.15, 0.2) is 0 Å². The largest absolute Gasteiger partial charge is 0.383 e. The van der Waals surface area contributed by atoms with Gasteiger partial charge in [-0.05, 0) is 6.92 Å². The molecule has 88 valence electrons. The minimum absolute atomic E-state index is 0.117. The molecule has 0 bridgehead atoms. The van der Waals surface area contributed by atoms with E-state index in [1.807, 2.05) is 7.05 Å². The van der Waals surface area contributed by atoms with Crippen LogP contribution in [0, 0.1) is 0 Å². The first kappa shape index (κ1) is 12.4. The standard InChI is InChI=1S/C10H21N3O2/c1-8-7-12(2)10(14)9(6-11)13(8)4-5-15-3/h8-9H,4-7,11H2,1-3H3. The molecule has 1 saturated heterocycles. The summed E-state index contributed by atoms with van der Waals surface area (Å²) in [4.78, 5) is 15.7. The number of nitrogens with two attached hydrogens (primary N) is 1. The zero-order valence-electron chi connectivity index (χ0n) is 9.77. The average Bonchev–Trinajstić information content (AvgIpc) is 2.21. The molecule has 5 nitrogen and oxygen atoms in total. The number of piperazine rings is 1. The van der Waals surface area contributed by atoms with Gasteiger partial charge in [0, 0.05) is 39.8 Å². The lowest BCUT2D eigenvalue weighted by atomic mass is 10.1. The van der Waals surface area contributed by atoms with E-state index in [4.69, 9.17) is 10.5 Å². The Balaban J connectivity index is 2.68. The molecule has 1 heterocycles. The normalized spacial score (nSPS) is 28.5. The maximum Gasteiger partial charge on any atom is 0.241 e. The molecule has 2 unspecified atom stereocenters. The number of carbonyl (C=O) groups excluding carboxylic acids is 1. The molecule has 15 heavy (non-hydrogen) atoms. The lowest BCUT2D eigenvalue weighted by molar-refractivity contribution is -0.142. The summed E-state index contributed by atoms with van der Waals surface area (Å²) >= 11 is 0. The molecular weight excluding hydrogens is 194 g/mol. The van der Waals surface area contributed by atoms with Gasteiger partial charge in [-0.1, -0.05) is 0 Å². The van der Waals surface area contributed by atoms with E-state index in [2.05, 4.69) is 11.8 Å². The van der Waals surface area contributed by atoms with Crippen LogP contribution < -0.4 is 5.73 Å². The van der Waals surface area contributed by atoms with Crippen LogP contribution in [-0.4, -0.2) is 68.2 Å². The third-order valence-corrected chi connectivity index (χ3v) is 2.94. The van der Waals surface area contributed by atoms with Gasteiger partial charge in [-0.3, -0.25) is 9.69 Å². The topological polar surface area (TPSA) is 58.8 Å². The van der Waals surface area contributed by atoms with E-state index in [1.54, 1.807) is 12.0 Å². The molecule has 1 aliphatic rings. The number of ether oxygens (including phenoxy) is 1. The van der Waals surface area contributed by atoms with Crippen molar-refractivity contribution in [3.8, 4) is 0 Å². The number of rotatable bonds is 4. The molecule has 1 amide bonds. The van der Waals surface area contributed by atoms with E-state index < -0.39 is 0 Å². The zero-order chi connectivity index (χ0) is 11.4. The van der Waals surface area contributed by atoms with E-state index in [1.165, 1.54) is 0 Å². The molecule has 0 aliphatic carbocycles. The van der Waals surface area contributed by atoms with Crippen molar-refractivity contribution in [1.82, 2.24) is 9.80 Å². The Hall–Kier alpha value is -0.650. The lowest BCUT2D eigenvalue weighted by Crippen LogP contribution is -2.62. The van der Waals surface area contributed by atoms with Crippen LogP contribution in [0.5, 0.6) is 0 Å². The second-order valence-corrected chi connectivity index (χ2v) is 4.05. The molecule has 0 aromatic heterocycles. The van der Waals surface area contributed by atoms with Crippen molar-refractivity contribution < 1.29 is 9.53 Å². The fourth-order valence-electron chi connectivity index (χ4n) is 2.10. The number of hydrogen-bond acceptors (Lipinski definition) is 4. The molecule has 0 aromatic carbocycles. The van der Waals surface area contributed by atoms with Crippen molar-refractivity contribution in [1.29, 1.82) is 0 Å². The van der Waals surface area contributed by atoms with E-state index >= 15 is 0 Å². The fraction of sp³-hybridized carbons (Fsp3) is 0.900. The van der Waals surface area contributed by atoms with Gasteiger partial charge in [0.1, 0.15) is 6.04 Å². The van der Waals surface area contributed by atoms with Gasteiger partial charge in [-0.25, -0.2) is 0 Å². The first-order valence-corrected chi connectivity index (χ1v) is 5.31. The summed E-state index contributed by atoms with van der Waals surface area (Å²) in [6.45, 7) is 4.65. The highest BCUT2D eigenvalue weighted by Gasteiger charge is 2.35. The third kappa shape index (κ3) is 2.68. The minimum Gasteiger partial charge on any atom is -0.383 e. The molecule has 1 aliphatic heterocycles. The number of amides is 1. The number of likely N-dealkylation sites (N-methyl/N-ethyl adjacent to an activating group) is 1. The highest BCUT2D eigenvalue weighted by atomic mass is 16.5. The van der Waals surface area contributed by atoms with Crippen LogP contribution in [0.4, 0.5) is 0 Å². The maximum atomic E-state index is 11.8. The molecule has 2 N–H and O–H groups in total. The number of nitrogens with zero attached hydrogens (tertiary/aromatic N) is 2. The van der Waals surface area contributed by atoms with Crippen molar-refractivity contribution in [2.45, 2.75) is 19.0 Å². The summed E-state index contributed by atoms with van der Waals surface area (Å²) < 4.78 is 5.04. The third-order valence-electron chi connectivity index (χ3n) is 2.94. The van der Waals surface area contributed by atoms with Crippen LogP contribution in [-0.2, 0) is 9.53 Å². The Morgan fingerprint density at radius 3 is 2.80 bits per heavy atom. The van der Waals surface area contributed by atoms with Gasteiger partial charge in [0.2, 0.25) is 5.91 Å². The molecule has 0 saturated carbocycles. The highest BCUT2D eigenvalue weighted by molar-refractivity contribution is 5.82. The average molecular weight is 215 g/mol. The zero-order valence-corrected chi connectivity index (χ0v) is 9.77. The monoisotopic (exact) mass is 215 g/mol. The summed E-state index contributed by atoms with van der Waals surface area (Å²) in [5.74, 6) is 0.117. The molecule has 1 fully saturated rings. The first-order chi connectivity index (χ1) is 7.11. The Morgan fingerprint density at radius 2 is 2.27 bits per heavy atom. The van der Waals surface area contributed by atoms with Gasteiger partial charge >= 0.3 is 0 Å². The van der Waals surface area contributed by atoms with Gasteiger partial charge in [0.05, 0.1) is 6.61 Å². The van der Waals surface area contributed by atoms with Crippen LogP contribution in [0.3, 0.4) is 0 Å². The molecule has 5 heteroatoms. The van der Waals surface area contributed by atoms with Crippen LogP contribution in [0.15, 0.2) is 0 Å². The van der Waals surface area contributed by atoms with Gasteiger partial charge in [-0.15, -0.1) is 0 Å². The van der Waals surface area contributed by atoms with Crippen molar-refractivity contribution in [2.24, 2.45) is 5.73 Å². The van der Waals surface area contributed by atoms with Crippen molar-refractivity contribution in [3.05, 3.63) is 0 Å². The maximum absolute atomic E-state index is 11.8. The summed E-state index contributed by atoms with van der Waals surface area (Å²) in [7, 11) is 3.50. The molecule has 1 rings (SSSR count). The van der Waals surface area contributed by atoms with E-state index in [-0.39, 0.29) is 11.9 Å². The molecular formula is C10H21N3O2. The van der Waals surface area contributed by atoms with Gasteiger partial charge in [-0.2, -0.15) is 0 Å². The van der Waals surface area contributed by atoms with Crippen molar-refractivity contribution >= 4 is 5.91 Å². The highest BCUT2D eigenvalue weighted by Crippen LogP contribution is 2.14. The Labute approximate surface area is 91.2 Å². The van der Waals surface area contributed by atoms with Gasteiger partial charge < -0.3 is 15.4 Å². The summed E-state index contributed by atoms with van der Waals surface area (Å²) in [6.07, 6.45) is 0. The first-order valence-electron chi connectivity index (χ1n) is 5.31. The number of carbonyl (C=O) groups is 1. The summed E-state index contributed by atoms with van der Waals surface area (Å²) in [5, 5.41) is 0. The van der Waals surface area contributed by atoms with Crippen LogP contribution >= 0.6 is 0 Å². The quantitative estimate of drug-likeness (QED) is 0.662. The Bertz CT molecular complexity index is 223. The summed E-state index contributed by atoms with van der Waals surface area (Å²) in [6, 6.07) is 0.158. The number of hydrogen-bond donors (Lipinski definition) is 1. The van der Waals surface area contributed by atoms with E-state index in [9.17, 15) is 4.79 Å². The Kier molecular flexibility index (Phi) is 4.50. The molecule has 0 spiro atoms. The van der Waals surface area contributed by atoms with Crippen LogP contribution in [0.1, 0.15) is 6.92 Å². The minimum atomic E-state index is -0.186. The smallest absolute Gasteiger partial charge is 0.241 e. The summed E-state index contributed by atoms with van der Waals surface area (Å²) in [5.41, 5.74) is 5.65. The van der Waals surface area contributed by atoms with E-state index in [0.717, 1.165) is 13.1 Å². The predicted octanol–water partition coefficient (Wildman–Crippen LogP) is -0.877. The number of methoxy groups -OCH3 is 1. The second-order valence-electron chi connectivity index (χ2n) is 4.05. The SMILES string of the molecule is COCCN1C(C)CN(C)C(=O)C1CN. The van der Waals surface area contributed by atoms with E-state index in [0.29, 0.717) is 19.2 Å². The molecule has 0 aromatic rings. The lowest BCUT2D eigenvalue weighted by Gasteiger charge is -2.43. The molecule has 0 radical (unpaired) electrons. The van der Waals surface area contributed by atoms with Gasteiger partial charge in [0.25, 0.3) is 0 Å². The van der Waals surface area contributed by atoms with Crippen LogP contribution in [0.2, 0.25) is 0 Å².